The van der Waals surface area contributed by atoms with Crippen molar-refractivity contribution in [3.05, 3.63) is 24.3 Å². The predicted molar refractivity (Wildman–Crippen MR) is 101 cm³/mol. The number of hydrogen-bond donors (Lipinski definition) is 1. The molecule has 0 radical (unpaired) electrons. The second-order valence-corrected chi connectivity index (χ2v) is 7.38. The molecule has 1 N–H and O–H groups in total. The number of hydrogen-bond acceptors (Lipinski definition) is 4. The lowest BCUT2D eigenvalue weighted by molar-refractivity contribution is -0.142. The smallest absolute Gasteiger partial charge is 0.246 e. The molecule has 2 fully saturated rings. The molecule has 1 aliphatic carbocycles. The number of para-hydroxylation sites is 2. The first-order valence-electron chi connectivity index (χ1n) is 9.70. The van der Waals surface area contributed by atoms with E-state index in [1.54, 1.807) is 0 Å². The quantitative estimate of drug-likeness (QED) is 0.822. The van der Waals surface area contributed by atoms with Gasteiger partial charge in [0.1, 0.15) is 6.54 Å². The summed E-state index contributed by atoms with van der Waals surface area (Å²) < 4.78 is 1.96. The summed E-state index contributed by atoms with van der Waals surface area (Å²) in [4.78, 5) is 43.3. The highest BCUT2D eigenvalue weighted by Gasteiger charge is 2.48. The topological polar surface area (TPSA) is 84.3 Å². The van der Waals surface area contributed by atoms with Crippen molar-refractivity contribution in [2.24, 2.45) is 11.8 Å². The molecule has 1 saturated heterocycles. The maximum absolute atomic E-state index is 12.6. The van der Waals surface area contributed by atoms with Crippen molar-refractivity contribution in [1.29, 1.82) is 0 Å². The van der Waals surface area contributed by atoms with Gasteiger partial charge in [0.2, 0.25) is 23.7 Å². The van der Waals surface area contributed by atoms with Crippen LogP contribution in [0, 0.1) is 11.8 Å². The van der Waals surface area contributed by atoms with Crippen molar-refractivity contribution in [2.75, 3.05) is 11.9 Å². The van der Waals surface area contributed by atoms with Gasteiger partial charge in [0.25, 0.3) is 0 Å². The molecule has 1 saturated carbocycles. The van der Waals surface area contributed by atoms with Crippen molar-refractivity contribution in [3.63, 3.8) is 0 Å². The van der Waals surface area contributed by atoms with Crippen LogP contribution in [0.15, 0.2) is 24.3 Å². The van der Waals surface area contributed by atoms with Crippen molar-refractivity contribution < 1.29 is 14.4 Å². The predicted octanol–water partition coefficient (Wildman–Crippen LogP) is 2.56. The Morgan fingerprint density at radius 1 is 1.15 bits per heavy atom. The molecule has 1 aromatic heterocycles. The first-order valence-corrected chi connectivity index (χ1v) is 9.70. The third-order valence-electron chi connectivity index (χ3n) is 5.59. The lowest BCUT2D eigenvalue weighted by Crippen LogP contribution is -2.38. The molecule has 2 aromatic rings. The molecule has 27 heavy (non-hydrogen) atoms. The standard InChI is InChI=1S/C20H24N4O3/c1-2-11-23-16-10-6-5-9-15(16)21-20(23)22-17(25)12-24-18(26)13-7-3-4-8-14(13)19(24)27/h5-6,9-10,13-14H,2-4,7-8,11-12H2,1H3,(H,21,22,25)/t13-,14-/m0/s1. The van der Waals surface area contributed by atoms with Crippen molar-refractivity contribution in [2.45, 2.75) is 45.6 Å². The molecule has 3 amide bonds. The summed E-state index contributed by atoms with van der Waals surface area (Å²) in [6.45, 7) is 2.55. The van der Waals surface area contributed by atoms with Gasteiger partial charge in [0.05, 0.1) is 22.9 Å². The van der Waals surface area contributed by atoms with Gasteiger partial charge in [-0.1, -0.05) is 31.9 Å². The zero-order valence-electron chi connectivity index (χ0n) is 15.5. The molecule has 1 aromatic carbocycles. The highest BCUT2D eigenvalue weighted by molar-refractivity contribution is 6.08. The zero-order valence-corrected chi connectivity index (χ0v) is 15.5. The third-order valence-corrected chi connectivity index (χ3v) is 5.59. The molecular weight excluding hydrogens is 344 g/mol. The monoisotopic (exact) mass is 368 g/mol. The van der Waals surface area contributed by atoms with Crippen LogP contribution in [0.1, 0.15) is 39.0 Å². The molecule has 0 spiro atoms. The summed E-state index contributed by atoms with van der Waals surface area (Å²) in [7, 11) is 0. The van der Waals surface area contributed by atoms with Crippen molar-refractivity contribution in [1.82, 2.24) is 14.5 Å². The van der Waals surface area contributed by atoms with Gasteiger partial charge in [-0.3, -0.25) is 24.6 Å². The molecule has 7 nitrogen and oxygen atoms in total. The molecule has 0 bridgehead atoms. The van der Waals surface area contributed by atoms with Crippen LogP contribution in [0.5, 0.6) is 0 Å². The van der Waals surface area contributed by atoms with Crippen LogP contribution in [-0.2, 0) is 20.9 Å². The summed E-state index contributed by atoms with van der Waals surface area (Å²) >= 11 is 0. The lowest BCUT2D eigenvalue weighted by atomic mass is 9.81. The van der Waals surface area contributed by atoms with E-state index in [9.17, 15) is 14.4 Å². The Morgan fingerprint density at radius 2 is 1.81 bits per heavy atom. The fraction of sp³-hybridized carbons (Fsp3) is 0.500. The van der Waals surface area contributed by atoms with Crippen LogP contribution in [0.3, 0.4) is 0 Å². The van der Waals surface area contributed by atoms with Gasteiger partial charge in [-0.05, 0) is 31.4 Å². The van der Waals surface area contributed by atoms with E-state index in [-0.39, 0.29) is 36.1 Å². The van der Waals surface area contributed by atoms with Crippen LogP contribution < -0.4 is 5.32 Å². The zero-order chi connectivity index (χ0) is 19.0. The van der Waals surface area contributed by atoms with Gasteiger partial charge in [-0.25, -0.2) is 4.98 Å². The average Bonchev–Trinajstić information content (AvgIpc) is 3.13. The van der Waals surface area contributed by atoms with E-state index < -0.39 is 0 Å². The van der Waals surface area contributed by atoms with Gasteiger partial charge < -0.3 is 4.57 Å². The number of aromatic nitrogens is 2. The largest absolute Gasteiger partial charge is 0.310 e. The number of carbonyl (C=O) groups is 3. The average molecular weight is 368 g/mol. The van der Waals surface area contributed by atoms with Gasteiger partial charge in [0, 0.05) is 6.54 Å². The Bertz CT molecular complexity index is 880. The van der Waals surface area contributed by atoms with Crippen LogP contribution in [0.2, 0.25) is 0 Å². The fourth-order valence-corrected chi connectivity index (χ4v) is 4.32. The Morgan fingerprint density at radius 3 is 2.48 bits per heavy atom. The van der Waals surface area contributed by atoms with E-state index in [0.717, 1.165) is 54.6 Å². The number of aryl methyl sites for hydroxylation is 1. The highest BCUT2D eigenvalue weighted by Crippen LogP contribution is 2.37. The maximum Gasteiger partial charge on any atom is 0.246 e. The Labute approximate surface area is 157 Å². The number of fused-ring (bicyclic) bond motifs is 2. The van der Waals surface area contributed by atoms with Gasteiger partial charge in [0.15, 0.2) is 0 Å². The minimum atomic E-state index is -0.386. The Kier molecular flexibility index (Phi) is 4.68. The molecule has 2 atom stereocenters. The number of amides is 3. The number of carbonyl (C=O) groups excluding carboxylic acids is 3. The van der Waals surface area contributed by atoms with Crippen LogP contribution in [0.25, 0.3) is 11.0 Å². The molecule has 0 unspecified atom stereocenters. The van der Waals surface area contributed by atoms with Gasteiger partial charge in [-0.2, -0.15) is 0 Å². The van der Waals surface area contributed by atoms with E-state index in [0.29, 0.717) is 5.95 Å². The molecule has 4 rings (SSSR count). The second-order valence-electron chi connectivity index (χ2n) is 7.38. The number of anilines is 1. The lowest BCUT2D eigenvalue weighted by Gasteiger charge is -2.19. The second kappa shape index (κ2) is 7.13. The number of imidazole rings is 1. The van der Waals surface area contributed by atoms with Crippen molar-refractivity contribution >= 4 is 34.7 Å². The van der Waals surface area contributed by atoms with Gasteiger partial charge >= 0.3 is 0 Å². The van der Waals surface area contributed by atoms with Gasteiger partial charge in [-0.15, -0.1) is 0 Å². The van der Waals surface area contributed by atoms with E-state index in [1.165, 1.54) is 0 Å². The minimum Gasteiger partial charge on any atom is -0.310 e. The van der Waals surface area contributed by atoms with E-state index >= 15 is 0 Å². The molecule has 1 aliphatic heterocycles. The Balaban J connectivity index is 1.51. The van der Waals surface area contributed by atoms with E-state index in [1.807, 2.05) is 28.8 Å². The summed E-state index contributed by atoms with van der Waals surface area (Å²) in [6.07, 6.45) is 4.34. The number of benzene rings is 1. The first kappa shape index (κ1) is 17.7. The van der Waals surface area contributed by atoms with Crippen LogP contribution in [0.4, 0.5) is 5.95 Å². The highest BCUT2D eigenvalue weighted by atomic mass is 16.2. The molecular formula is C20H24N4O3. The normalized spacial score (nSPS) is 22.3. The molecule has 7 heteroatoms. The third kappa shape index (κ3) is 3.11. The summed E-state index contributed by atoms with van der Waals surface area (Å²) in [5, 5.41) is 2.80. The van der Waals surface area contributed by atoms with Crippen LogP contribution >= 0.6 is 0 Å². The molecule has 2 aliphatic rings. The van der Waals surface area contributed by atoms with Crippen molar-refractivity contribution in [3.8, 4) is 0 Å². The Hall–Kier alpha value is -2.70. The fourth-order valence-electron chi connectivity index (χ4n) is 4.32. The first-order chi connectivity index (χ1) is 13.1. The van der Waals surface area contributed by atoms with Crippen LogP contribution in [-0.4, -0.2) is 38.7 Å². The number of nitrogens with one attached hydrogen (secondary N) is 1. The SMILES string of the molecule is CCCn1c(NC(=O)CN2C(=O)[C@H]3CCCC[C@@H]3C2=O)nc2ccccc21. The number of likely N-dealkylation sites (tertiary alicyclic amines) is 1. The van der Waals surface area contributed by atoms with E-state index in [2.05, 4.69) is 17.2 Å². The molecule has 2 heterocycles. The minimum absolute atomic E-state index is 0.193. The summed E-state index contributed by atoms with van der Waals surface area (Å²) in [5.41, 5.74) is 1.76. The number of imide groups is 1. The molecule has 142 valence electrons. The summed E-state index contributed by atoms with van der Waals surface area (Å²) in [5.74, 6) is -0.779. The number of nitrogens with zero attached hydrogens (tertiary/aromatic N) is 3. The summed E-state index contributed by atoms with van der Waals surface area (Å²) in [6, 6.07) is 7.70. The number of rotatable bonds is 5. The maximum atomic E-state index is 12.6. The van der Waals surface area contributed by atoms with E-state index in [4.69, 9.17) is 0 Å².